The zero-order valence-corrected chi connectivity index (χ0v) is 18.1. The summed E-state index contributed by atoms with van der Waals surface area (Å²) in [6, 6.07) is 10.3. The van der Waals surface area contributed by atoms with Gasteiger partial charge in [0.15, 0.2) is 0 Å². The van der Waals surface area contributed by atoms with Crippen molar-refractivity contribution in [2.45, 2.75) is 26.3 Å². The summed E-state index contributed by atoms with van der Waals surface area (Å²) in [5, 5.41) is 3.25. The molecule has 0 heterocycles. The molecular weight excluding hydrogens is 423 g/mol. The molecular formula is C19H22Cl2N2O4S. The molecule has 6 nitrogen and oxygen atoms in total. The molecule has 2 aromatic carbocycles. The van der Waals surface area contributed by atoms with E-state index in [-0.39, 0.29) is 17.1 Å². The second-order valence-corrected chi connectivity index (χ2v) is 8.70. The Morgan fingerprint density at radius 1 is 1.11 bits per heavy atom. The minimum atomic E-state index is -3.76. The van der Waals surface area contributed by atoms with Crippen LogP contribution in [0.3, 0.4) is 0 Å². The lowest BCUT2D eigenvalue weighted by Crippen LogP contribution is -2.47. The molecule has 2 rings (SSSR count). The Hall–Kier alpha value is -1.96. The molecule has 2 aromatic rings. The highest BCUT2D eigenvalue weighted by Crippen LogP contribution is 2.30. The topological polar surface area (TPSA) is 75.7 Å². The van der Waals surface area contributed by atoms with Gasteiger partial charge < -0.3 is 10.1 Å². The number of rotatable bonds is 8. The summed E-state index contributed by atoms with van der Waals surface area (Å²) < 4.78 is 31.3. The molecule has 0 aliphatic rings. The maximum Gasteiger partial charge on any atom is 0.248 e. The van der Waals surface area contributed by atoms with Gasteiger partial charge in [-0.15, -0.1) is 0 Å². The number of nitrogens with one attached hydrogen (secondary N) is 1. The molecule has 0 saturated carbocycles. The third-order valence-corrected chi connectivity index (χ3v) is 5.84. The minimum Gasteiger partial charge on any atom is -0.494 e. The molecule has 9 heteroatoms. The van der Waals surface area contributed by atoms with E-state index in [2.05, 4.69) is 5.32 Å². The average molecular weight is 445 g/mol. The Kier molecular flexibility index (Phi) is 7.57. The second-order valence-electron chi connectivity index (χ2n) is 6.03. The SMILES string of the molecule is CCOc1ccc(NC(=O)[C@@H](CC)N(c2ccc(Cl)c(Cl)c2)S(C)(=O)=O)cc1. The molecule has 28 heavy (non-hydrogen) atoms. The van der Waals surface area contributed by atoms with Gasteiger partial charge >= 0.3 is 0 Å². The fraction of sp³-hybridized carbons (Fsp3) is 0.316. The predicted octanol–water partition coefficient (Wildman–Crippen LogP) is 4.58. The molecule has 0 bridgehead atoms. The normalized spacial score (nSPS) is 12.3. The first kappa shape index (κ1) is 22.3. The van der Waals surface area contributed by atoms with Crippen LogP contribution in [0.5, 0.6) is 5.75 Å². The van der Waals surface area contributed by atoms with Crippen LogP contribution in [-0.2, 0) is 14.8 Å². The van der Waals surface area contributed by atoms with Gasteiger partial charge in [-0.25, -0.2) is 8.42 Å². The molecule has 0 radical (unpaired) electrons. The molecule has 0 aliphatic heterocycles. The number of anilines is 2. The molecule has 0 unspecified atom stereocenters. The molecule has 152 valence electrons. The summed E-state index contributed by atoms with van der Waals surface area (Å²) in [7, 11) is -3.76. The summed E-state index contributed by atoms with van der Waals surface area (Å²) >= 11 is 12.0. The number of sulfonamides is 1. The van der Waals surface area contributed by atoms with Crippen molar-refractivity contribution in [1.29, 1.82) is 0 Å². The zero-order chi connectivity index (χ0) is 20.9. The molecule has 0 spiro atoms. The smallest absolute Gasteiger partial charge is 0.248 e. The fourth-order valence-corrected chi connectivity index (χ4v) is 4.21. The van der Waals surface area contributed by atoms with Crippen molar-refractivity contribution >= 4 is 50.5 Å². The van der Waals surface area contributed by atoms with E-state index in [1.807, 2.05) is 6.92 Å². The first-order chi connectivity index (χ1) is 13.2. The van der Waals surface area contributed by atoms with E-state index < -0.39 is 22.0 Å². The van der Waals surface area contributed by atoms with Crippen LogP contribution >= 0.6 is 23.2 Å². The fourth-order valence-electron chi connectivity index (χ4n) is 2.71. The Morgan fingerprint density at radius 2 is 1.75 bits per heavy atom. The third kappa shape index (κ3) is 5.53. The van der Waals surface area contributed by atoms with Gasteiger partial charge in [0, 0.05) is 5.69 Å². The number of benzene rings is 2. The zero-order valence-electron chi connectivity index (χ0n) is 15.8. The van der Waals surface area contributed by atoms with Gasteiger partial charge in [0.05, 0.1) is 28.6 Å². The standard InChI is InChI=1S/C19H22Cl2N2O4S/c1-4-18(19(24)22-13-6-9-15(10-7-13)27-5-2)23(28(3,25)26)14-8-11-16(20)17(21)12-14/h6-12,18H,4-5H2,1-3H3,(H,22,24)/t18-/m1/s1. The molecule has 1 amide bonds. The van der Waals surface area contributed by atoms with Crippen molar-refractivity contribution in [3.8, 4) is 5.75 Å². The highest BCUT2D eigenvalue weighted by Gasteiger charge is 2.31. The average Bonchev–Trinajstić information content (AvgIpc) is 2.63. The number of carbonyl (C=O) groups is 1. The number of nitrogens with zero attached hydrogens (tertiary/aromatic N) is 1. The van der Waals surface area contributed by atoms with Gasteiger partial charge in [0.1, 0.15) is 11.8 Å². The third-order valence-electron chi connectivity index (χ3n) is 3.92. The maximum atomic E-state index is 12.9. The van der Waals surface area contributed by atoms with Gasteiger partial charge in [-0.3, -0.25) is 9.10 Å². The van der Waals surface area contributed by atoms with Crippen LogP contribution in [0.25, 0.3) is 0 Å². The van der Waals surface area contributed by atoms with Crippen molar-refractivity contribution in [3.63, 3.8) is 0 Å². The van der Waals surface area contributed by atoms with E-state index in [0.717, 1.165) is 10.6 Å². The summed E-state index contributed by atoms with van der Waals surface area (Å²) in [5.74, 6) is 0.226. The molecule has 1 atom stereocenters. The van der Waals surface area contributed by atoms with Crippen LogP contribution in [0, 0.1) is 0 Å². The van der Waals surface area contributed by atoms with Gasteiger partial charge in [-0.2, -0.15) is 0 Å². The van der Waals surface area contributed by atoms with Gasteiger partial charge in [-0.1, -0.05) is 30.1 Å². The van der Waals surface area contributed by atoms with Crippen LogP contribution in [0.4, 0.5) is 11.4 Å². The summed E-state index contributed by atoms with van der Waals surface area (Å²) in [6.45, 7) is 4.15. The monoisotopic (exact) mass is 444 g/mol. The lowest BCUT2D eigenvalue weighted by molar-refractivity contribution is -0.117. The number of hydrogen-bond acceptors (Lipinski definition) is 4. The Morgan fingerprint density at radius 3 is 2.25 bits per heavy atom. The van der Waals surface area contributed by atoms with E-state index in [1.54, 1.807) is 31.2 Å². The van der Waals surface area contributed by atoms with Crippen molar-refractivity contribution in [3.05, 3.63) is 52.5 Å². The number of hydrogen-bond donors (Lipinski definition) is 1. The Labute approximate surface area is 175 Å². The van der Waals surface area contributed by atoms with E-state index >= 15 is 0 Å². The summed E-state index contributed by atoms with van der Waals surface area (Å²) in [4.78, 5) is 12.9. The van der Waals surface area contributed by atoms with Crippen molar-refractivity contribution < 1.29 is 17.9 Å². The van der Waals surface area contributed by atoms with Crippen LogP contribution < -0.4 is 14.4 Å². The van der Waals surface area contributed by atoms with E-state index in [4.69, 9.17) is 27.9 Å². The minimum absolute atomic E-state index is 0.203. The van der Waals surface area contributed by atoms with Crippen LogP contribution in [0.1, 0.15) is 20.3 Å². The molecule has 0 aromatic heterocycles. The Balaban J connectivity index is 2.32. The largest absolute Gasteiger partial charge is 0.494 e. The van der Waals surface area contributed by atoms with Crippen LogP contribution in [0.15, 0.2) is 42.5 Å². The highest BCUT2D eigenvalue weighted by molar-refractivity contribution is 7.92. The maximum absolute atomic E-state index is 12.9. The molecule has 1 N–H and O–H groups in total. The van der Waals surface area contributed by atoms with Crippen LogP contribution in [0.2, 0.25) is 10.0 Å². The van der Waals surface area contributed by atoms with Crippen LogP contribution in [-0.4, -0.2) is 33.2 Å². The van der Waals surface area contributed by atoms with Gasteiger partial charge in [0.25, 0.3) is 0 Å². The van der Waals surface area contributed by atoms with Crippen molar-refractivity contribution in [2.24, 2.45) is 0 Å². The number of ether oxygens (including phenoxy) is 1. The molecule has 0 aliphatic carbocycles. The predicted molar refractivity (Wildman–Crippen MR) is 114 cm³/mol. The first-order valence-corrected chi connectivity index (χ1v) is 11.3. The summed E-state index contributed by atoms with van der Waals surface area (Å²) in [5.41, 5.74) is 0.806. The van der Waals surface area contributed by atoms with Gasteiger partial charge in [0.2, 0.25) is 15.9 Å². The van der Waals surface area contributed by atoms with Gasteiger partial charge in [-0.05, 0) is 55.8 Å². The van der Waals surface area contributed by atoms with Crippen molar-refractivity contribution in [1.82, 2.24) is 0 Å². The number of halogens is 2. The van der Waals surface area contributed by atoms with E-state index in [1.165, 1.54) is 18.2 Å². The lowest BCUT2D eigenvalue weighted by Gasteiger charge is -2.30. The number of amides is 1. The second kappa shape index (κ2) is 9.49. The lowest BCUT2D eigenvalue weighted by atomic mass is 10.1. The summed E-state index contributed by atoms with van der Waals surface area (Å²) in [6.07, 6.45) is 1.30. The Bertz CT molecular complexity index is 933. The quantitative estimate of drug-likeness (QED) is 0.646. The molecule has 0 saturated heterocycles. The van der Waals surface area contributed by atoms with E-state index in [9.17, 15) is 13.2 Å². The van der Waals surface area contributed by atoms with E-state index in [0.29, 0.717) is 23.1 Å². The highest BCUT2D eigenvalue weighted by atomic mass is 35.5. The number of carbonyl (C=O) groups excluding carboxylic acids is 1. The first-order valence-electron chi connectivity index (χ1n) is 8.65. The molecule has 0 fully saturated rings. The van der Waals surface area contributed by atoms with Crippen molar-refractivity contribution in [2.75, 3.05) is 22.5 Å².